The highest BCUT2D eigenvalue weighted by Crippen LogP contribution is 2.22. The van der Waals surface area contributed by atoms with Gasteiger partial charge >= 0.3 is 0 Å². The minimum atomic E-state index is -0.0920. The van der Waals surface area contributed by atoms with Crippen molar-refractivity contribution in [3.63, 3.8) is 0 Å². The minimum absolute atomic E-state index is 0.0920. The van der Waals surface area contributed by atoms with Crippen molar-refractivity contribution in [2.75, 3.05) is 11.9 Å². The van der Waals surface area contributed by atoms with Crippen LogP contribution in [0.15, 0.2) is 24.3 Å². The fourth-order valence-corrected chi connectivity index (χ4v) is 2.50. The number of nitrogens with zero attached hydrogens (tertiary/aromatic N) is 2. The maximum Gasteiger partial charge on any atom is 0.230 e. The van der Waals surface area contributed by atoms with E-state index in [9.17, 15) is 4.79 Å². The Labute approximate surface area is 128 Å². The Morgan fingerprint density at radius 2 is 2.00 bits per heavy atom. The first-order valence-electron chi connectivity index (χ1n) is 6.93. The second kappa shape index (κ2) is 7.17. The summed E-state index contributed by atoms with van der Waals surface area (Å²) in [6.45, 7) is 6.67. The molecule has 6 heteroatoms. The van der Waals surface area contributed by atoms with Crippen LogP contribution in [0.5, 0.6) is 5.75 Å². The van der Waals surface area contributed by atoms with Gasteiger partial charge in [0, 0.05) is 5.92 Å². The molecule has 1 heterocycles. The molecule has 1 aromatic heterocycles. The van der Waals surface area contributed by atoms with E-state index in [1.807, 2.05) is 45.0 Å². The molecule has 0 aliphatic heterocycles. The molecular formula is C15H19N3O2S. The van der Waals surface area contributed by atoms with Crippen LogP contribution < -0.4 is 10.1 Å². The summed E-state index contributed by atoms with van der Waals surface area (Å²) in [6, 6.07) is 7.52. The smallest absolute Gasteiger partial charge is 0.230 e. The maximum absolute atomic E-state index is 12.0. The van der Waals surface area contributed by atoms with Crippen LogP contribution in [-0.4, -0.2) is 22.7 Å². The van der Waals surface area contributed by atoms with Crippen LogP contribution >= 0.6 is 11.3 Å². The second-order valence-electron chi connectivity index (χ2n) is 4.90. The first-order chi connectivity index (χ1) is 10.1. The Hall–Kier alpha value is -1.95. The van der Waals surface area contributed by atoms with Gasteiger partial charge < -0.3 is 10.1 Å². The van der Waals surface area contributed by atoms with Crippen LogP contribution in [0.1, 0.15) is 37.3 Å². The summed E-state index contributed by atoms with van der Waals surface area (Å²) in [6.07, 6.45) is 0.309. The predicted octanol–water partition coefficient (Wildman–Crippen LogP) is 3.24. The Morgan fingerprint density at radius 3 is 2.57 bits per heavy atom. The van der Waals surface area contributed by atoms with Crippen LogP contribution in [0.3, 0.4) is 0 Å². The Kier molecular flexibility index (Phi) is 5.27. The van der Waals surface area contributed by atoms with Gasteiger partial charge in [0.25, 0.3) is 0 Å². The predicted molar refractivity (Wildman–Crippen MR) is 83.9 cm³/mol. The Bertz CT molecular complexity index is 593. The van der Waals surface area contributed by atoms with Crippen molar-refractivity contribution in [1.29, 1.82) is 0 Å². The molecule has 0 atom stereocenters. The van der Waals surface area contributed by atoms with Crippen LogP contribution in [0, 0.1) is 0 Å². The fourth-order valence-electron chi connectivity index (χ4n) is 1.74. The summed E-state index contributed by atoms with van der Waals surface area (Å²) in [5.74, 6) is 1.04. The van der Waals surface area contributed by atoms with E-state index in [0.29, 0.717) is 24.1 Å². The van der Waals surface area contributed by atoms with Gasteiger partial charge in [-0.05, 0) is 24.6 Å². The van der Waals surface area contributed by atoms with Gasteiger partial charge in [-0.15, -0.1) is 10.2 Å². The van der Waals surface area contributed by atoms with Crippen molar-refractivity contribution in [3.05, 3.63) is 34.8 Å². The van der Waals surface area contributed by atoms with Crippen molar-refractivity contribution >= 4 is 22.4 Å². The fraction of sp³-hybridized carbons (Fsp3) is 0.400. The van der Waals surface area contributed by atoms with Gasteiger partial charge in [0.2, 0.25) is 11.0 Å². The van der Waals surface area contributed by atoms with Gasteiger partial charge in [-0.25, -0.2) is 0 Å². The molecule has 1 amide bonds. The highest BCUT2D eigenvalue weighted by atomic mass is 32.1. The molecule has 1 N–H and O–H groups in total. The standard InChI is InChI=1S/C15H19N3O2S/c1-4-20-12-7-5-11(6-8-12)9-13(19)16-15-18-17-14(21-15)10(2)3/h5-8,10H,4,9H2,1-3H3,(H,16,18,19). The largest absolute Gasteiger partial charge is 0.494 e. The summed E-state index contributed by atoms with van der Waals surface area (Å²) in [7, 11) is 0. The number of nitrogens with one attached hydrogen (secondary N) is 1. The van der Waals surface area contributed by atoms with Gasteiger partial charge in [0.05, 0.1) is 13.0 Å². The molecule has 0 aliphatic carbocycles. The normalized spacial score (nSPS) is 10.7. The lowest BCUT2D eigenvalue weighted by Gasteiger charge is -2.05. The summed E-state index contributed by atoms with van der Waals surface area (Å²) in [4.78, 5) is 12.0. The third-order valence-corrected chi connectivity index (χ3v) is 3.92. The second-order valence-corrected chi connectivity index (χ2v) is 5.91. The molecule has 0 saturated carbocycles. The van der Waals surface area contributed by atoms with Crippen LogP contribution in [0.25, 0.3) is 0 Å². The van der Waals surface area contributed by atoms with Crippen LogP contribution in [0.4, 0.5) is 5.13 Å². The monoisotopic (exact) mass is 305 g/mol. The average Bonchev–Trinajstić information content (AvgIpc) is 2.90. The average molecular weight is 305 g/mol. The van der Waals surface area contributed by atoms with Gasteiger partial charge in [-0.2, -0.15) is 0 Å². The molecule has 1 aromatic carbocycles. The molecule has 112 valence electrons. The van der Waals surface area contributed by atoms with Crippen LogP contribution in [0.2, 0.25) is 0 Å². The van der Waals surface area contributed by atoms with Gasteiger partial charge in [-0.1, -0.05) is 37.3 Å². The summed E-state index contributed by atoms with van der Waals surface area (Å²) < 4.78 is 5.37. The lowest BCUT2D eigenvalue weighted by Crippen LogP contribution is -2.14. The summed E-state index contributed by atoms with van der Waals surface area (Å²) >= 11 is 1.41. The minimum Gasteiger partial charge on any atom is -0.494 e. The molecule has 0 bridgehead atoms. The first kappa shape index (κ1) is 15.4. The van der Waals surface area contributed by atoms with E-state index in [0.717, 1.165) is 16.3 Å². The van der Waals surface area contributed by atoms with E-state index in [-0.39, 0.29) is 5.91 Å². The van der Waals surface area contributed by atoms with Crippen molar-refractivity contribution in [2.45, 2.75) is 33.1 Å². The number of hydrogen-bond acceptors (Lipinski definition) is 5. The third kappa shape index (κ3) is 4.53. The molecular weight excluding hydrogens is 286 g/mol. The number of carbonyl (C=O) groups excluding carboxylic acids is 1. The van der Waals surface area contributed by atoms with Gasteiger partial charge in [0.15, 0.2) is 0 Å². The molecule has 0 spiro atoms. The Morgan fingerprint density at radius 1 is 1.29 bits per heavy atom. The number of carbonyl (C=O) groups is 1. The summed E-state index contributed by atoms with van der Waals surface area (Å²) in [5, 5.41) is 12.3. The SMILES string of the molecule is CCOc1ccc(CC(=O)Nc2nnc(C(C)C)s2)cc1. The molecule has 0 unspecified atom stereocenters. The zero-order valence-corrected chi connectivity index (χ0v) is 13.2. The van der Waals surface area contributed by atoms with E-state index < -0.39 is 0 Å². The van der Waals surface area contributed by atoms with E-state index in [1.165, 1.54) is 11.3 Å². The molecule has 0 radical (unpaired) electrons. The van der Waals surface area contributed by atoms with Crippen molar-refractivity contribution < 1.29 is 9.53 Å². The van der Waals surface area contributed by atoms with Crippen molar-refractivity contribution in [2.24, 2.45) is 0 Å². The lowest BCUT2D eigenvalue weighted by molar-refractivity contribution is -0.115. The number of hydrogen-bond donors (Lipinski definition) is 1. The topological polar surface area (TPSA) is 64.1 Å². The van der Waals surface area contributed by atoms with E-state index in [1.54, 1.807) is 0 Å². The first-order valence-corrected chi connectivity index (χ1v) is 7.75. The van der Waals surface area contributed by atoms with Gasteiger partial charge in [0.1, 0.15) is 10.8 Å². The number of anilines is 1. The number of aromatic nitrogens is 2. The summed E-state index contributed by atoms with van der Waals surface area (Å²) in [5.41, 5.74) is 0.935. The zero-order chi connectivity index (χ0) is 15.2. The van der Waals surface area contributed by atoms with Crippen LogP contribution in [-0.2, 0) is 11.2 Å². The maximum atomic E-state index is 12.0. The lowest BCUT2D eigenvalue weighted by atomic mass is 10.1. The van der Waals surface area contributed by atoms with Crippen molar-refractivity contribution in [3.8, 4) is 5.75 Å². The molecule has 0 aliphatic rings. The molecule has 5 nitrogen and oxygen atoms in total. The molecule has 2 aromatic rings. The van der Waals surface area contributed by atoms with Crippen molar-refractivity contribution in [1.82, 2.24) is 10.2 Å². The number of ether oxygens (including phenoxy) is 1. The molecule has 21 heavy (non-hydrogen) atoms. The third-order valence-electron chi connectivity index (χ3n) is 2.78. The van der Waals surface area contributed by atoms with E-state index >= 15 is 0 Å². The van der Waals surface area contributed by atoms with E-state index in [2.05, 4.69) is 15.5 Å². The number of amides is 1. The number of rotatable bonds is 6. The van der Waals surface area contributed by atoms with E-state index in [4.69, 9.17) is 4.74 Å². The van der Waals surface area contributed by atoms with Gasteiger partial charge in [-0.3, -0.25) is 4.79 Å². The highest BCUT2D eigenvalue weighted by Gasteiger charge is 2.10. The molecule has 0 saturated heterocycles. The number of benzene rings is 1. The quantitative estimate of drug-likeness (QED) is 0.890. The highest BCUT2D eigenvalue weighted by molar-refractivity contribution is 7.15. The Balaban J connectivity index is 1.91. The molecule has 0 fully saturated rings. The zero-order valence-electron chi connectivity index (χ0n) is 12.4. The molecule has 2 rings (SSSR count).